The van der Waals surface area contributed by atoms with Crippen LogP contribution in [0.1, 0.15) is 29.1 Å². The van der Waals surface area contributed by atoms with Gasteiger partial charge in [0.25, 0.3) is 0 Å². The summed E-state index contributed by atoms with van der Waals surface area (Å²) in [6.07, 6.45) is 0.969. The molecule has 2 rings (SSSR count). The number of rotatable bonds is 6. The minimum absolute atomic E-state index is 0.209. The van der Waals surface area contributed by atoms with Gasteiger partial charge in [-0.25, -0.2) is 4.98 Å². The van der Waals surface area contributed by atoms with E-state index in [0.717, 1.165) is 22.2 Å². The molecule has 21 heavy (non-hydrogen) atoms. The normalized spacial score (nSPS) is 10.7. The number of nitrogens with one attached hydrogen (secondary N) is 1. The zero-order chi connectivity index (χ0) is 15.4. The summed E-state index contributed by atoms with van der Waals surface area (Å²) in [5.74, 6) is -0.209. The van der Waals surface area contributed by atoms with E-state index in [9.17, 15) is 4.79 Å². The molecule has 0 saturated heterocycles. The third-order valence-electron chi connectivity index (χ3n) is 3.44. The summed E-state index contributed by atoms with van der Waals surface area (Å²) in [5.41, 5.74) is 4.30. The van der Waals surface area contributed by atoms with Crippen molar-refractivity contribution < 1.29 is 9.53 Å². The number of hydrogen-bond acceptors (Lipinski definition) is 6. The third kappa shape index (κ3) is 3.81. The number of aromatic nitrogens is 3. The standard InChI is InChI=1S/C14H20N4O2S/c1-9-12(10(2)18(3)17-9)7-15-14-16-11(8-21-14)5-6-13(19)20-4/h8H,5-7H2,1-4H3,(H,15,16). The topological polar surface area (TPSA) is 69.0 Å². The lowest BCUT2D eigenvalue weighted by Crippen LogP contribution is -2.03. The number of carbonyl (C=O) groups excluding carboxylic acids is 1. The van der Waals surface area contributed by atoms with Gasteiger partial charge in [-0.05, 0) is 13.8 Å². The lowest BCUT2D eigenvalue weighted by molar-refractivity contribution is -0.140. The highest BCUT2D eigenvalue weighted by molar-refractivity contribution is 7.13. The van der Waals surface area contributed by atoms with Crippen molar-refractivity contribution in [3.63, 3.8) is 0 Å². The molecule has 0 amide bonds. The molecule has 2 heterocycles. The van der Waals surface area contributed by atoms with Gasteiger partial charge in [0.05, 0.1) is 24.9 Å². The van der Waals surface area contributed by atoms with Crippen LogP contribution in [0.5, 0.6) is 0 Å². The average Bonchev–Trinajstić information content (AvgIpc) is 3.00. The molecule has 0 atom stereocenters. The molecule has 7 heteroatoms. The molecular formula is C14H20N4O2S. The van der Waals surface area contributed by atoms with E-state index < -0.39 is 0 Å². The maximum absolute atomic E-state index is 11.1. The van der Waals surface area contributed by atoms with Crippen molar-refractivity contribution in [3.8, 4) is 0 Å². The second-order valence-corrected chi connectivity index (χ2v) is 5.70. The molecule has 2 aromatic rings. The zero-order valence-electron chi connectivity index (χ0n) is 12.8. The Morgan fingerprint density at radius 3 is 2.86 bits per heavy atom. The maximum atomic E-state index is 11.1. The fraction of sp³-hybridized carbons (Fsp3) is 0.500. The number of anilines is 1. The molecule has 1 N–H and O–H groups in total. The number of ether oxygens (including phenoxy) is 1. The van der Waals surface area contributed by atoms with Crippen LogP contribution < -0.4 is 5.32 Å². The van der Waals surface area contributed by atoms with E-state index in [-0.39, 0.29) is 5.97 Å². The second-order valence-electron chi connectivity index (χ2n) is 4.85. The van der Waals surface area contributed by atoms with Gasteiger partial charge in [0, 0.05) is 36.7 Å². The first-order chi connectivity index (χ1) is 10.0. The fourth-order valence-corrected chi connectivity index (χ4v) is 2.82. The predicted molar refractivity (Wildman–Crippen MR) is 82.5 cm³/mol. The smallest absolute Gasteiger partial charge is 0.305 e. The highest BCUT2D eigenvalue weighted by atomic mass is 32.1. The van der Waals surface area contributed by atoms with E-state index in [1.807, 2.05) is 24.0 Å². The Labute approximate surface area is 128 Å². The van der Waals surface area contributed by atoms with E-state index in [0.29, 0.717) is 19.4 Å². The Bertz CT molecular complexity index is 633. The van der Waals surface area contributed by atoms with Crippen molar-refractivity contribution >= 4 is 22.4 Å². The van der Waals surface area contributed by atoms with Crippen molar-refractivity contribution in [2.75, 3.05) is 12.4 Å². The zero-order valence-corrected chi connectivity index (χ0v) is 13.6. The molecule has 0 aliphatic heterocycles. The van der Waals surface area contributed by atoms with Gasteiger partial charge in [-0.3, -0.25) is 9.48 Å². The van der Waals surface area contributed by atoms with Gasteiger partial charge < -0.3 is 10.1 Å². The number of hydrogen-bond donors (Lipinski definition) is 1. The molecule has 0 unspecified atom stereocenters. The molecule has 6 nitrogen and oxygen atoms in total. The Balaban J connectivity index is 1.92. The van der Waals surface area contributed by atoms with Crippen LogP contribution in [0.25, 0.3) is 0 Å². The molecule has 114 valence electrons. The van der Waals surface area contributed by atoms with Gasteiger partial charge in [-0.1, -0.05) is 0 Å². The first-order valence-corrected chi connectivity index (χ1v) is 7.63. The van der Waals surface area contributed by atoms with Crippen LogP contribution in [-0.4, -0.2) is 27.8 Å². The Morgan fingerprint density at radius 1 is 1.48 bits per heavy atom. The molecule has 0 fully saturated rings. The summed E-state index contributed by atoms with van der Waals surface area (Å²) in [6, 6.07) is 0. The summed E-state index contributed by atoms with van der Waals surface area (Å²) in [4.78, 5) is 15.6. The summed E-state index contributed by atoms with van der Waals surface area (Å²) in [7, 11) is 3.34. The van der Waals surface area contributed by atoms with Crippen molar-refractivity contribution in [1.29, 1.82) is 0 Å². The summed E-state index contributed by atoms with van der Waals surface area (Å²) in [5, 5.41) is 10.5. The van der Waals surface area contributed by atoms with Crippen molar-refractivity contribution in [2.24, 2.45) is 7.05 Å². The molecule has 0 bridgehead atoms. The average molecular weight is 308 g/mol. The lowest BCUT2D eigenvalue weighted by Gasteiger charge is -2.03. The van der Waals surface area contributed by atoms with Gasteiger partial charge in [-0.2, -0.15) is 5.10 Å². The van der Waals surface area contributed by atoms with Gasteiger partial charge in [0.1, 0.15) is 0 Å². The number of methoxy groups -OCH3 is 1. The highest BCUT2D eigenvalue weighted by Gasteiger charge is 2.10. The van der Waals surface area contributed by atoms with E-state index in [1.54, 1.807) is 11.3 Å². The highest BCUT2D eigenvalue weighted by Crippen LogP contribution is 2.19. The first kappa shape index (κ1) is 15.5. The molecule has 2 aromatic heterocycles. The lowest BCUT2D eigenvalue weighted by atomic mass is 10.2. The minimum atomic E-state index is -0.209. The SMILES string of the molecule is COC(=O)CCc1csc(NCc2c(C)nn(C)c2C)n1. The number of esters is 1. The minimum Gasteiger partial charge on any atom is -0.469 e. The van der Waals surface area contributed by atoms with Gasteiger partial charge >= 0.3 is 5.97 Å². The van der Waals surface area contributed by atoms with Crippen LogP contribution >= 0.6 is 11.3 Å². The maximum Gasteiger partial charge on any atom is 0.305 e. The number of aryl methyl sites for hydroxylation is 3. The van der Waals surface area contributed by atoms with Crippen LogP contribution in [-0.2, 0) is 29.5 Å². The van der Waals surface area contributed by atoms with Gasteiger partial charge in [0.15, 0.2) is 5.13 Å². The van der Waals surface area contributed by atoms with Crippen molar-refractivity contribution in [3.05, 3.63) is 28.0 Å². The third-order valence-corrected chi connectivity index (χ3v) is 4.29. The largest absolute Gasteiger partial charge is 0.469 e. The molecule has 0 aliphatic carbocycles. The van der Waals surface area contributed by atoms with Gasteiger partial charge in [-0.15, -0.1) is 11.3 Å². The second kappa shape index (κ2) is 6.71. The number of nitrogens with zero attached hydrogens (tertiary/aromatic N) is 3. The molecular weight excluding hydrogens is 288 g/mol. The summed E-state index contributed by atoms with van der Waals surface area (Å²) in [6.45, 7) is 4.77. The Morgan fingerprint density at radius 2 is 2.24 bits per heavy atom. The van der Waals surface area contributed by atoms with Crippen LogP contribution in [0.4, 0.5) is 5.13 Å². The Kier molecular flexibility index (Phi) is 4.95. The molecule has 0 spiro atoms. The predicted octanol–water partition coefficient (Wildman–Crippen LogP) is 2.21. The summed E-state index contributed by atoms with van der Waals surface area (Å²) < 4.78 is 6.51. The molecule has 0 aromatic carbocycles. The van der Waals surface area contributed by atoms with Crippen LogP contribution in [0, 0.1) is 13.8 Å². The van der Waals surface area contributed by atoms with E-state index in [1.165, 1.54) is 12.7 Å². The Hall–Kier alpha value is -1.89. The van der Waals surface area contributed by atoms with Gasteiger partial charge in [0.2, 0.25) is 0 Å². The first-order valence-electron chi connectivity index (χ1n) is 6.75. The summed E-state index contributed by atoms with van der Waals surface area (Å²) >= 11 is 1.55. The number of carbonyl (C=O) groups is 1. The molecule has 0 radical (unpaired) electrons. The van der Waals surface area contributed by atoms with E-state index in [2.05, 4.69) is 27.1 Å². The van der Waals surface area contributed by atoms with E-state index >= 15 is 0 Å². The van der Waals surface area contributed by atoms with Crippen molar-refractivity contribution in [2.45, 2.75) is 33.2 Å². The molecule has 0 saturated carbocycles. The monoisotopic (exact) mass is 308 g/mol. The number of thiazole rings is 1. The van der Waals surface area contributed by atoms with E-state index in [4.69, 9.17) is 0 Å². The fourth-order valence-electron chi connectivity index (χ4n) is 2.07. The molecule has 0 aliphatic rings. The quantitative estimate of drug-likeness (QED) is 0.829. The van der Waals surface area contributed by atoms with Crippen molar-refractivity contribution in [1.82, 2.24) is 14.8 Å². The van der Waals surface area contributed by atoms with Crippen LogP contribution in [0.2, 0.25) is 0 Å². The van der Waals surface area contributed by atoms with Crippen LogP contribution in [0.15, 0.2) is 5.38 Å². The van der Waals surface area contributed by atoms with Crippen LogP contribution in [0.3, 0.4) is 0 Å².